The summed E-state index contributed by atoms with van der Waals surface area (Å²) in [6, 6.07) is 43.1. The fraction of sp³-hybridized carbons (Fsp3) is 0.0303. The molecule has 2 aromatic heterocycles. The molecule has 0 amide bonds. The van der Waals surface area contributed by atoms with Crippen molar-refractivity contribution in [1.29, 1.82) is 0 Å². The van der Waals surface area contributed by atoms with E-state index >= 15 is 0 Å². The molecule has 1 aliphatic carbocycles. The molecular formula is C33H22N2. The van der Waals surface area contributed by atoms with Crippen LogP contribution in [0, 0.1) is 0 Å². The van der Waals surface area contributed by atoms with Crippen molar-refractivity contribution in [3.05, 3.63) is 156 Å². The number of benzene rings is 4. The van der Waals surface area contributed by atoms with Gasteiger partial charge in [-0.15, -0.1) is 0 Å². The van der Waals surface area contributed by atoms with Gasteiger partial charge < -0.3 is 0 Å². The van der Waals surface area contributed by atoms with Crippen molar-refractivity contribution in [1.82, 2.24) is 9.97 Å². The van der Waals surface area contributed by atoms with Crippen molar-refractivity contribution in [2.45, 2.75) is 5.41 Å². The van der Waals surface area contributed by atoms with Gasteiger partial charge >= 0.3 is 0 Å². The highest BCUT2D eigenvalue weighted by Crippen LogP contribution is 2.55. The Labute approximate surface area is 204 Å². The molecule has 4 aromatic carbocycles. The molecule has 0 radical (unpaired) electrons. The molecule has 1 atom stereocenters. The number of pyridine rings is 2. The molecule has 2 heterocycles. The van der Waals surface area contributed by atoms with Gasteiger partial charge in [0.25, 0.3) is 0 Å². The maximum atomic E-state index is 5.02. The van der Waals surface area contributed by atoms with Gasteiger partial charge in [0.2, 0.25) is 0 Å². The van der Waals surface area contributed by atoms with Crippen LogP contribution in [0.2, 0.25) is 0 Å². The predicted octanol–water partition coefficient (Wildman–Crippen LogP) is 7.66. The minimum atomic E-state index is -0.609. The number of fused-ring (bicyclic) bond motifs is 4. The van der Waals surface area contributed by atoms with Crippen LogP contribution >= 0.6 is 0 Å². The molecular weight excluding hydrogens is 424 g/mol. The van der Waals surface area contributed by atoms with Crippen LogP contribution in [0.1, 0.15) is 22.5 Å². The van der Waals surface area contributed by atoms with Crippen molar-refractivity contribution in [2.24, 2.45) is 0 Å². The van der Waals surface area contributed by atoms with Crippen LogP contribution in [0.3, 0.4) is 0 Å². The quantitative estimate of drug-likeness (QED) is 0.278. The minimum Gasteiger partial charge on any atom is -0.260 e. The van der Waals surface area contributed by atoms with Gasteiger partial charge in [-0.3, -0.25) is 9.97 Å². The highest BCUT2D eigenvalue weighted by Gasteiger charge is 2.48. The van der Waals surface area contributed by atoms with Gasteiger partial charge in [0, 0.05) is 18.0 Å². The molecule has 0 aliphatic heterocycles. The largest absolute Gasteiger partial charge is 0.260 e. The maximum Gasteiger partial charge on any atom is 0.106 e. The summed E-state index contributed by atoms with van der Waals surface area (Å²) < 4.78 is 0. The topological polar surface area (TPSA) is 25.8 Å². The Balaban J connectivity index is 1.66. The average Bonchev–Trinajstić information content (AvgIpc) is 3.25. The van der Waals surface area contributed by atoms with Crippen molar-refractivity contribution in [3.63, 3.8) is 0 Å². The molecule has 0 saturated heterocycles. The molecule has 7 rings (SSSR count). The van der Waals surface area contributed by atoms with Gasteiger partial charge in [0.05, 0.1) is 11.4 Å². The van der Waals surface area contributed by atoms with Crippen molar-refractivity contribution in [2.75, 3.05) is 0 Å². The third kappa shape index (κ3) is 2.83. The van der Waals surface area contributed by atoms with Crippen LogP contribution in [0.4, 0.5) is 0 Å². The Morgan fingerprint density at radius 2 is 1.26 bits per heavy atom. The number of hydrogen-bond acceptors (Lipinski definition) is 2. The molecule has 2 heteroatoms. The molecule has 0 spiro atoms. The molecule has 0 saturated carbocycles. The summed E-state index contributed by atoms with van der Waals surface area (Å²) >= 11 is 0. The highest BCUT2D eigenvalue weighted by atomic mass is 14.8. The van der Waals surface area contributed by atoms with E-state index in [1.807, 2.05) is 24.5 Å². The van der Waals surface area contributed by atoms with Gasteiger partial charge in [0.15, 0.2) is 0 Å². The lowest BCUT2D eigenvalue weighted by molar-refractivity contribution is 0.710. The Bertz CT molecular complexity index is 1640. The van der Waals surface area contributed by atoms with Crippen LogP contribution < -0.4 is 0 Å². The fourth-order valence-electron chi connectivity index (χ4n) is 5.76. The Kier molecular flexibility index (Phi) is 4.40. The van der Waals surface area contributed by atoms with E-state index in [9.17, 15) is 0 Å². The van der Waals surface area contributed by atoms with E-state index in [4.69, 9.17) is 9.97 Å². The summed E-state index contributed by atoms with van der Waals surface area (Å²) in [5.41, 5.74) is 8.62. The SMILES string of the molecule is c1ccc(-c2cc([C@@]3(c4ccccn4)c4ccccc4-c4cccnc43)cc3ccccc23)cc1. The second-order valence-electron chi connectivity index (χ2n) is 9.02. The van der Waals surface area contributed by atoms with E-state index < -0.39 is 5.41 Å². The van der Waals surface area contributed by atoms with Crippen molar-refractivity contribution < 1.29 is 0 Å². The van der Waals surface area contributed by atoms with E-state index in [-0.39, 0.29) is 0 Å². The van der Waals surface area contributed by atoms with Gasteiger partial charge in [-0.1, -0.05) is 91.0 Å². The first-order valence-corrected chi connectivity index (χ1v) is 11.9. The molecule has 0 unspecified atom stereocenters. The monoisotopic (exact) mass is 446 g/mol. The van der Waals surface area contributed by atoms with Gasteiger partial charge in [-0.05, 0) is 68.9 Å². The van der Waals surface area contributed by atoms with E-state index in [0.717, 1.165) is 11.4 Å². The summed E-state index contributed by atoms with van der Waals surface area (Å²) in [5, 5.41) is 2.45. The Hall–Kier alpha value is -4.56. The van der Waals surface area contributed by atoms with Crippen LogP contribution in [-0.4, -0.2) is 9.97 Å². The summed E-state index contributed by atoms with van der Waals surface area (Å²) in [5.74, 6) is 0. The predicted molar refractivity (Wildman–Crippen MR) is 142 cm³/mol. The summed E-state index contributed by atoms with van der Waals surface area (Å²) in [4.78, 5) is 9.97. The molecule has 1 aliphatic rings. The zero-order valence-electron chi connectivity index (χ0n) is 19.1. The molecule has 35 heavy (non-hydrogen) atoms. The Morgan fingerprint density at radius 1 is 0.514 bits per heavy atom. The standard InChI is InChI=1S/C33H22N2/c1-2-11-23(12-3-1)29-22-25(21-24-13-4-5-14-26(24)29)33(31-18-8-9-19-34-31)30-17-7-6-15-27(30)28-16-10-20-35-32(28)33/h1-22H/t33-/m0/s1. The zero-order valence-corrected chi connectivity index (χ0v) is 19.1. The van der Waals surface area contributed by atoms with E-state index in [1.54, 1.807) is 0 Å². The fourth-order valence-corrected chi connectivity index (χ4v) is 5.76. The van der Waals surface area contributed by atoms with E-state index in [1.165, 1.54) is 44.2 Å². The summed E-state index contributed by atoms with van der Waals surface area (Å²) in [6.45, 7) is 0. The van der Waals surface area contributed by atoms with Gasteiger partial charge in [0.1, 0.15) is 5.41 Å². The lowest BCUT2D eigenvalue weighted by atomic mass is 9.70. The van der Waals surface area contributed by atoms with Crippen molar-refractivity contribution in [3.8, 4) is 22.3 Å². The first kappa shape index (κ1) is 19.9. The summed E-state index contributed by atoms with van der Waals surface area (Å²) in [6.07, 6.45) is 3.79. The lowest BCUT2D eigenvalue weighted by Crippen LogP contribution is -2.30. The van der Waals surface area contributed by atoms with Crippen LogP contribution in [0.15, 0.2) is 134 Å². The first-order chi connectivity index (χ1) is 17.4. The molecule has 0 fully saturated rings. The summed E-state index contributed by atoms with van der Waals surface area (Å²) in [7, 11) is 0. The zero-order chi connectivity index (χ0) is 23.2. The number of hydrogen-bond donors (Lipinski definition) is 0. The first-order valence-electron chi connectivity index (χ1n) is 11.9. The smallest absolute Gasteiger partial charge is 0.106 e. The molecule has 164 valence electrons. The third-order valence-electron chi connectivity index (χ3n) is 7.21. The Morgan fingerprint density at radius 3 is 2.14 bits per heavy atom. The van der Waals surface area contributed by atoms with Crippen LogP contribution in [0.5, 0.6) is 0 Å². The molecule has 0 bridgehead atoms. The normalized spacial score (nSPS) is 16.1. The number of aromatic nitrogens is 2. The molecule has 6 aromatic rings. The second-order valence-corrected chi connectivity index (χ2v) is 9.02. The minimum absolute atomic E-state index is 0.609. The molecule has 2 nitrogen and oxygen atoms in total. The average molecular weight is 447 g/mol. The highest BCUT2D eigenvalue weighted by molar-refractivity contribution is 5.98. The van der Waals surface area contributed by atoms with Gasteiger partial charge in [-0.25, -0.2) is 0 Å². The van der Waals surface area contributed by atoms with E-state index in [0.29, 0.717) is 0 Å². The van der Waals surface area contributed by atoms with E-state index in [2.05, 4.69) is 109 Å². The maximum absolute atomic E-state index is 5.02. The lowest BCUT2D eigenvalue weighted by Gasteiger charge is -2.32. The number of rotatable bonds is 3. The molecule has 0 N–H and O–H groups in total. The second kappa shape index (κ2) is 7.75. The third-order valence-corrected chi connectivity index (χ3v) is 7.21. The van der Waals surface area contributed by atoms with Crippen LogP contribution in [-0.2, 0) is 5.41 Å². The van der Waals surface area contributed by atoms with Crippen LogP contribution in [0.25, 0.3) is 33.0 Å². The van der Waals surface area contributed by atoms with Crippen molar-refractivity contribution >= 4 is 10.8 Å². The number of nitrogens with zero attached hydrogens (tertiary/aromatic N) is 2. The van der Waals surface area contributed by atoms with Gasteiger partial charge in [-0.2, -0.15) is 0 Å².